The summed E-state index contributed by atoms with van der Waals surface area (Å²) < 4.78 is 11.4. The molecule has 1 saturated carbocycles. The van der Waals surface area contributed by atoms with Gasteiger partial charge in [-0.15, -0.1) is 17.0 Å². The third kappa shape index (κ3) is 6.33. The Morgan fingerprint density at radius 2 is 1.82 bits per heavy atom. The van der Waals surface area contributed by atoms with Crippen molar-refractivity contribution in [2.24, 2.45) is 0 Å². The standard InChI is InChI=1S/C30H38N4O5.BrH/c1-30(2,3)22-13-20(14-24(28(22)38-4)33-11-9-21(10-12-33)39-17-26(36)37)25(35)16-34-15-19-7-8-23(18-5-6-18)32-27(19)29(34)31;/h7-8,13-14,18,21,31H,5-6,9-12,15-17H2,1-4H3,(H,36,37);1H. The molecule has 40 heavy (non-hydrogen) atoms. The van der Waals surface area contributed by atoms with E-state index in [0.717, 1.165) is 41.1 Å². The number of carbonyl (C=O) groups is 2. The lowest BCUT2D eigenvalue weighted by atomic mass is 9.84. The molecule has 1 saturated heterocycles. The van der Waals surface area contributed by atoms with Crippen molar-refractivity contribution >= 4 is 40.3 Å². The fourth-order valence-corrected chi connectivity index (χ4v) is 5.51. The number of carbonyl (C=O) groups excluding carboxylic acids is 1. The van der Waals surface area contributed by atoms with Gasteiger partial charge in [-0.1, -0.05) is 26.8 Å². The van der Waals surface area contributed by atoms with Crippen LogP contribution in [0.1, 0.15) is 85.2 Å². The highest BCUT2D eigenvalue weighted by Crippen LogP contribution is 2.42. The van der Waals surface area contributed by atoms with Crippen LogP contribution in [0.3, 0.4) is 0 Å². The molecule has 2 aromatic rings. The van der Waals surface area contributed by atoms with Gasteiger partial charge in [0.15, 0.2) is 5.78 Å². The lowest BCUT2D eigenvalue weighted by Gasteiger charge is -2.36. The van der Waals surface area contributed by atoms with Gasteiger partial charge in [-0.05, 0) is 49.3 Å². The number of anilines is 1. The van der Waals surface area contributed by atoms with E-state index in [1.54, 1.807) is 7.11 Å². The summed E-state index contributed by atoms with van der Waals surface area (Å²) in [4.78, 5) is 33.4. The average Bonchev–Trinajstić information content (AvgIpc) is 3.71. The molecule has 0 unspecified atom stereocenters. The molecular weight excluding hydrogens is 576 g/mol. The summed E-state index contributed by atoms with van der Waals surface area (Å²) in [6.45, 7) is 7.97. The van der Waals surface area contributed by atoms with Crippen molar-refractivity contribution in [3.63, 3.8) is 0 Å². The smallest absolute Gasteiger partial charge is 0.329 e. The number of Topliss-reactive ketones (excluding diaryl/α,β-unsaturated/α-hetero) is 1. The number of carboxylic acids is 1. The number of hydrogen-bond acceptors (Lipinski definition) is 7. The van der Waals surface area contributed by atoms with E-state index in [-0.39, 0.29) is 47.4 Å². The number of ether oxygens (including phenoxy) is 2. The number of ketones is 1. The van der Waals surface area contributed by atoms with Crippen LogP contribution in [0.25, 0.3) is 0 Å². The molecule has 9 nitrogen and oxygen atoms in total. The number of rotatable bonds is 9. The first-order valence-corrected chi connectivity index (χ1v) is 13.7. The summed E-state index contributed by atoms with van der Waals surface area (Å²) in [5.41, 5.74) is 4.89. The Bertz CT molecular complexity index is 1300. The highest BCUT2D eigenvalue weighted by molar-refractivity contribution is 8.93. The molecule has 5 rings (SSSR count). The molecule has 2 aliphatic heterocycles. The zero-order valence-corrected chi connectivity index (χ0v) is 25.4. The minimum Gasteiger partial charge on any atom is -0.494 e. The van der Waals surface area contributed by atoms with E-state index in [2.05, 4.69) is 37.8 Å². The Morgan fingerprint density at radius 1 is 1.12 bits per heavy atom. The van der Waals surface area contributed by atoms with E-state index in [1.807, 2.05) is 17.0 Å². The SMILES string of the molecule is Br.COc1c(N2CCC(OCC(=O)O)CC2)cc(C(=O)CN2Cc3ccc(C4CC4)nc3C2=N)cc1C(C)(C)C. The quantitative estimate of drug-likeness (QED) is 0.382. The maximum Gasteiger partial charge on any atom is 0.329 e. The molecule has 1 aliphatic carbocycles. The number of amidine groups is 1. The Labute approximate surface area is 246 Å². The minimum atomic E-state index is -0.964. The molecule has 10 heteroatoms. The Hall–Kier alpha value is -2.98. The van der Waals surface area contributed by atoms with Gasteiger partial charge in [-0.2, -0.15) is 0 Å². The van der Waals surface area contributed by atoms with Crippen LogP contribution in [0.15, 0.2) is 24.3 Å². The molecule has 3 aliphatic rings. The monoisotopic (exact) mass is 614 g/mol. The summed E-state index contributed by atoms with van der Waals surface area (Å²) in [5, 5.41) is 17.7. The number of benzene rings is 1. The van der Waals surface area contributed by atoms with Crippen LogP contribution in [0.4, 0.5) is 5.69 Å². The Balaban J connectivity index is 0.00000370. The summed E-state index contributed by atoms with van der Waals surface area (Å²) in [6, 6.07) is 7.97. The summed E-state index contributed by atoms with van der Waals surface area (Å²) in [5.74, 6) is 0.565. The first-order valence-electron chi connectivity index (χ1n) is 13.7. The predicted octanol–water partition coefficient (Wildman–Crippen LogP) is 4.94. The van der Waals surface area contributed by atoms with Crippen molar-refractivity contribution in [3.8, 4) is 5.75 Å². The molecule has 216 valence electrons. The van der Waals surface area contributed by atoms with Gasteiger partial charge in [0, 0.05) is 47.9 Å². The molecule has 3 heterocycles. The van der Waals surface area contributed by atoms with Crippen LogP contribution >= 0.6 is 17.0 Å². The minimum absolute atomic E-state index is 0. The molecule has 1 aromatic carbocycles. The summed E-state index contributed by atoms with van der Waals surface area (Å²) in [6.07, 6.45) is 3.60. The van der Waals surface area contributed by atoms with Gasteiger partial charge in [0.2, 0.25) is 0 Å². The maximum atomic E-state index is 13.7. The first kappa shape index (κ1) is 30.0. The first-order chi connectivity index (χ1) is 18.5. The van der Waals surface area contributed by atoms with Crippen LogP contribution < -0.4 is 9.64 Å². The second-order valence-corrected chi connectivity index (χ2v) is 11.9. The number of hydrogen-bond donors (Lipinski definition) is 2. The highest BCUT2D eigenvalue weighted by atomic mass is 79.9. The van der Waals surface area contributed by atoms with Crippen molar-refractivity contribution < 1.29 is 24.2 Å². The number of aliphatic carboxylic acids is 1. The number of nitrogens with one attached hydrogen (secondary N) is 1. The van der Waals surface area contributed by atoms with Crippen LogP contribution in [0.5, 0.6) is 5.75 Å². The van der Waals surface area contributed by atoms with Crippen LogP contribution in [-0.2, 0) is 21.5 Å². The van der Waals surface area contributed by atoms with Gasteiger partial charge in [0.25, 0.3) is 0 Å². The number of carboxylic acid groups (broad SMARTS) is 1. The summed E-state index contributed by atoms with van der Waals surface area (Å²) >= 11 is 0. The third-order valence-corrected chi connectivity index (χ3v) is 7.86. The summed E-state index contributed by atoms with van der Waals surface area (Å²) in [7, 11) is 1.66. The van der Waals surface area contributed by atoms with Crippen molar-refractivity contribution in [2.45, 2.75) is 70.4 Å². The van der Waals surface area contributed by atoms with Crippen molar-refractivity contribution in [2.75, 3.05) is 38.3 Å². The van der Waals surface area contributed by atoms with E-state index in [0.29, 0.717) is 55.5 Å². The lowest BCUT2D eigenvalue weighted by Crippen LogP contribution is -2.38. The van der Waals surface area contributed by atoms with Crippen molar-refractivity contribution in [1.29, 1.82) is 5.41 Å². The molecule has 0 amide bonds. The van der Waals surface area contributed by atoms with E-state index >= 15 is 0 Å². The second kappa shape index (κ2) is 11.9. The molecule has 0 radical (unpaired) electrons. The maximum absolute atomic E-state index is 13.7. The van der Waals surface area contributed by atoms with Gasteiger partial charge in [-0.25, -0.2) is 9.78 Å². The number of methoxy groups -OCH3 is 1. The van der Waals surface area contributed by atoms with E-state index < -0.39 is 5.97 Å². The normalized spacial score (nSPS) is 17.4. The number of aromatic nitrogens is 1. The average molecular weight is 616 g/mol. The van der Waals surface area contributed by atoms with E-state index in [9.17, 15) is 9.59 Å². The molecule has 0 bridgehead atoms. The van der Waals surface area contributed by atoms with E-state index in [4.69, 9.17) is 25.0 Å². The number of piperidine rings is 1. The molecule has 2 N–H and O–H groups in total. The third-order valence-electron chi connectivity index (χ3n) is 7.86. The van der Waals surface area contributed by atoms with Crippen LogP contribution in [0, 0.1) is 5.41 Å². The molecule has 1 aromatic heterocycles. The molecule has 0 spiro atoms. The topological polar surface area (TPSA) is 116 Å². The van der Waals surface area contributed by atoms with Crippen molar-refractivity contribution in [1.82, 2.24) is 9.88 Å². The fourth-order valence-electron chi connectivity index (χ4n) is 5.51. The van der Waals surface area contributed by atoms with Crippen LogP contribution in [0.2, 0.25) is 0 Å². The fraction of sp³-hybridized carbons (Fsp3) is 0.533. The number of pyridine rings is 1. The van der Waals surface area contributed by atoms with Crippen molar-refractivity contribution in [3.05, 3.63) is 52.3 Å². The van der Waals surface area contributed by atoms with E-state index in [1.165, 1.54) is 0 Å². The largest absolute Gasteiger partial charge is 0.494 e. The highest BCUT2D eigenvalue weighted by Gasteiger charge is 2.33. The molecular formula is C30H39BrN4O5. The van der Waals surface area contributed by atoms with Gasteiger partial charge < -0.3 is 24.4 Å². The predicted molar refractivity (Wildman–Crippen MR) is 159 cm³/mol. The molecule has 2 fully saturated rings. The second-order valence-electron chi connectivity index (χ2n) is 11.9. The van der Waals surface area contributed by atoms with Gasteiger partial charge in [0.1, 0.15) is 23.9 Å². The van der Waals surface area contributed by atoms with Crippen LogP contribution in [-0.4, -0.2) is 72.0 Å². The molecule has 0 atom stereocenters. The zero-order chi connectivity index (χ0) is 27.9. The van der Waals surface area contributed by atoms with Gasteiger partial charge in [0.05, 0.1) is 25.4 Å². The van der Waals surface area contributed by atoms with Gasteiger partial charge >= 0.3 is 5.97 Å². The Kier molecular flexibility index (Phi) is 8.89. The number of fused-ring (bicyclic) bond motifs is 1. The number of halogens is 1. The zero-order valence-electron chi connectivity index (χ0n) is 23.7. The number of nitrogens with zero attached hydrogens (tertiary/aromatic N) is 3. The lowest BCUT2D eigenvalue weighted by molar-refractivity contribution is -0.144. The Morgan fingerprint density at radius 3 is 2.42 bits per heavy atom. The van der Waals surface area contributed by atoms with Gasteiger partial charge in [-0.3, -0.25) is 10.2 Å².